The third-order valence-corrected chi connectivity index (χ3v) is 1.98. The molecular weight excluding hydrogens is 178 g/mol. The number of aryl methyl sites for hydroxylation is 2. The SMILES string of the molecule is COc1c(C)cc(NC(C)=O)cc1C. The minimum atomic E-state index is -0.0611. The number of hydrogen-bond acceptors (Lipinski definition) is 2. The summed E-state index contributed by atoms with van der Waals surface area (Å²) in [6.45, 7) is 5.41. The first-order valence-electron chi connectivity index (χ1n) is 4.47. The van der Waals surface area contributed by atoms with Gasteiger partial charge in [0.25, 0.3) is 0 Å². The van der Waals surface area contributed by atoms with Gasteiger partial charge in [-0.3, -0.25) is 4.79 Å². The average Bonchev–Trinajstić information content (AvgIpc) is 2.01. The van der Waals surface area contributed by atoms with Crippen LogP contribution in [0.3, 0.4) is 0 Å². The maximum atomic E-state index is 10.8. The van der Waals surface area contributed by atoms with Gasteiger partial charge in [0, 0.05) is 12.6 Å². The van der Waals surface area contributed by atoms with Gasteiger partial charge in [-0.2, -0.15) is 0 Å². The quantitative estimate of drug-likeness (QED) is 0.782. The molecule has 0 aromatic heterocycles. The fourth-order valence-corrected chi connectivity index (χ4v) is 1.55. The Labute approximate surface area is 84.1 Å². The highest BCUT2D eigenvalue weighted by atomic mass is 16.5. The van der Waals surface area contributed by atoms with E-state index >= 15 is 0 Å². The van der Waals surface area contributed by atoms with E-state index in [1.165, 1.54) is 6.92 Å². The molecule has 3 nitrogen and oxygen atoms in total. The molecule has 0 saturated carbocycles. The lowest BCUT2D eigenvalue weighted by molar-refractivity contribution is -0.114. The van der Waals surface area contributed by atoms with Crippen molar-refractivity contribution in [1.29, 1.82) is 0 Å². The summed E-state index contributed by atoms with van der Waals surface area (Å²) in [7, 11) is 1.65. The topological polar surface area (TPSA) is 38.3 Å². The number of ether oxygens (including phenoxy) is 1. The van der Waals surface area contributed by atoms with Gasteiger partial charge in [0.05, 0.1) is 7.11 Å². The Bertz CT molecular complexity index is 335. The van der Waals surface area contributed by atoms with Crippen molar-refractivity contribution in [3.05, 3.63) is 23.3 Å². The number of carbonyl (C=O) groups is 1. The third-order valence-electron chi connectivity index (χ3n) is 1.98. The first-order chi connectivity index (χ1) is 6.54. The zero-order valence-corrected chi connectivity index (χ0v) is 8.97. The van der Waals surface area contributed by atoms with Crippen molar-refractivity contribution < 1.29 is 9.53 Å². The smallest absolute Gasteiger partial charge is 0.221 e. The average molecular weight is 193 g/mol. The predicted octanol–water partition coefficient (Wildman–Crippen LogP) is 2.27. The number of benzene rings is 1. The molecule has 1 aromatic carbocycles. The molecule has 1 amide bonds. The molecule has 0 spiro atoms. The molecule has 1 aromatic rings. The third kappa shape index (κ3) is 2.25. The van der Waals surface area contributed by atoms with E-state index in [9.17, 15) is 4.79 Å². The Hall–Kier alpha value is -1.51. The lowest BCUT2D eigenvalue weighted by Gasteiger charge is -2.11. The van der Waals surface area contributed by atoms with Crippen LogP contribution in [-0.4, -0.2) is 13.0 Å². The Morgan fingerprint density at radius 3 is 2.14 bits per heavy atom. The first kappa shape index (κ1) is 10.6. The summed E-state index contributed by atoms with van der Waals surface area (Å²) >= 11 is 0. The molecule has 3 heteroatoms. The van der Waals surface area contributed by atoms with Crippen LogP contribution in [0.4, 0.5) is 5.69 Å². The van der Waals surface area contributed by atoms with Crippen molar-refractivity contribution in [2.24, 2.45) is 0 Å². The van der Waals surface area contributed by atoms with Crippen LogP contribution in [0.25, 0.3) is 0 Å². The Morgan fingerprint density at radius 1 is 1.29 bits per heavy atom. The summed E-state index contributed by atoms with van der Waals surface area (Å²) in [5.74, 6) is 0.813. The number of amides is 1. The second-order valence-electron chi connectivity index (χ2n) is 3.32. The molecule has 0 heterocycles. The van der Waals surface area contributed by atoms with Crippen LogP contribution >= 0.6 is 0 Å². The summed E-state index contributed by atoms with van der Waals surface area (Å²) < 4.78 is 5.22. The molecular formula is C11H15NO2. The Kier molecular flexibility index (Phi) is 3.12. The van der Waals surface area contributed by atoms with E-state index in [0.717, 1.165) is 22.6 Å². The van der Waals surface area contributed by atoms with Crippen LogP contribution in [-0.2, 0) is 4.79 Å². The van der Waals surface area contributed by atoms with Crippen LogP contribution < -0.4 is 10.1 Å². The molecule has 1 N–H and O–H groups in total. The molecule has 0 unspecified atom stereocenters. The normalized spacial score (nSPS) is 9.71. The fourth-order valence-electron chi connectivity index (χ4n) is 1.55. The molecule has 0 aliphatic rings. The molecule has 0 saturated heterocycles. The Morgan fingerprint density at radius 2 is 1.79 bits per heavy atom. The molecule has 76 valence electrons. The van der Waals surface area contributed by atoms with Crippen molar-refractivity contribution in [1.82, 2.24) is 0 Å². The maximum absolute atomic E-state index is 10.8. The lowest BCUT2D eigenvalue weighted by Crippen LogP contribution is -2.06. The van der Waals surface area contributed by atoms with Gasteiger partial charge in [0.2, 0.25) is 5.91 Å². The number of rotatable bonds is 2. The van der Waals surface area contributed by atoms with Crippen molar-refractivity contribution in [3.8, 4) is 5.75 Å². The zero-order valence-electron chi connectivity index (χ0n) is 8.97. The summed E-state index contributed by atoms with van der Waals surface area (Å²) in [5, 5.41) is 2.74. The van der Waals surface area contributed by atoms with Crippen molar-refractivity contribution >= 4 is 11.6 Å². The number of anilines is 1. The van der Waals surface area contributed by atoms with Gasteiger partial charge in [0.15, 0.2) is 0 Å². The van der Waals surface area contributed by atoms with Gasteiger partial charge in [0.1, 0.15) is 5.75 Å². The van der Waals surface area contributed by atoms with E-state index in [-0.39, 0.29) is 5.91 Å². The van der Waals surface area contributed by atoms with Gasteiger partial charge < -0.3 is 10.1 Å². The van der Waals surface area contributed by atoms with Crippen LogP contribution in [0.2, 0.25) is 0 Å². The van der Waals surface area contributed by atoms with E-state index in [2.05, 4.69) is 5.32 Å². The number of nitrogens with one attached hydrogen (secondary N) is 1. The highest BCUT2D eigenvalue weighted by molar-refractivity contribution is 5.89. The van der Waals surface area contributed by atoms with Gasteiger partial charge in [-0.25, -0.2) is 0 Å². The molecule has 0 bridgehead atoms. The molecule has 0 aliphatic heterocycles. The fraction of sp³-hybridized carbons (Fsp3) is 0.364. The van der Waals surface area contributed by atoms with Gasteiger partial charge in [-0.15, -0.1) is 0 Å². The minimum absolute atomic E-state index is 0.0611. The number of hydrogen-bond donors (Lipinski definition) is 1. The summed E-state index contributed by atoms with van der Waals surface area (Å²) in [6, 6.07) is 3.79. The number of methoxy groups -OCH3 is 1. The summed E-state index contributed by atoms with van der Waals surface area (Å²) in [6.07, 6.45) is 0. The van der Waals surface area contributed by atoms with Crippen LogP contribution in [0.5, 0.6) is 5.75 Å². The summed E-state index contributed by atoms with van der Waals surface area (Å²) in [4.78, 5) is 10.8. The van der Waals surface area contributed by atoms with Crippen molar-refractivity contribution in [3.63, 3.8) is 0 Å². The zero-order chi connectivity index (χ0) is 10.7. The van der Waals surface area contributed by atoms with Crippen LogP contribution in [0, 0.1) is 13.8 Å². The van der Waals surface area contributed by atoms with Gasteiger partial charge in [-0.05, 0) is 37.1 Å². The van der Waals surface area contributed by atoms with Crippen LogP contribution in [0.15, 0.2) is 12.1 Å². The molecule has 0 fully saturated rings. The van der Waals surface area contributed by atoms with Gasteiger partial charge >= 0.3 is 0 Å². The molecule has 0 radical (unpaired) electrons. The van der Waals surface area contributed by atoms with Crippen LogP contribution in [0.1, 0.15) is 18.1 Å². The molecule has 1 rings (SSSR count). The van der Waals surface area contributed by atoms with E-state index in [1.807, 2.05) is 26.0 Å². The Balaban J connectivity index is 3.07. The first-order valence-corrected chi connectivity index (χ1v) is 4.47. The maximum Gasteiger partial charge on any atom is 0.221 e. The molecule has 0 atom stereocenters. The predicted molar refractivity (Wildman–Crippen MR) is 56.8 cm³/mol. The van der Waals surface area contributed by atoms with E-state index in [1.54, 1.807) is 7.11 Å². The van der Waals surface area contributed by atoms with Gasteiger partial charge in [-0.1, -0.05) is 0 Å². The largest absolute Gasteiger partial charge is 0.496 e. The van der Waals surface area contributed by atoms with Crippen molar-refractivity contribution in [2.75, 3.05) is 12.4 Å². The van der Waals surface area contributed by atoms with E-state index in [4.69, 9.17) is 4.74 Å². The lowest BCUT2D eigenvalue weighted by atomic mass is 10.1. The molecule has 0 aliphatic carbocycles. The van der Waals surface area contributed by atoms with E-state index in [0.29, 0.717) is 0 Å². The highest BCUT2D eigenvalue weighted by Gasteiger charge is 2.05. The van der Waals surface area contributed by atoms with E-state index < -0.39 is 0 Å². The molecule has 14 heavy (non-hydrogen) atoms. The second kappa shape index (κ2) is 4.13. The van der Waals surface area contributed by atoms with Crippen molar-refractivity contribution in [2.45, 2.75) is 20.8 Å². The summed E-state index contributed by atoms with van der Waals surface area (Å²) in [5.41, 5.74) is 2.86. The second-order valence-corrected chi connectivity index (χ2v) is 3.32. The number of carbonyl (C=O) groups excluding carboxylic acids is 1. The minimum Gasteiger partial charge on any atom is -0.496 e. The monoisotopic (exact) mass is 193 g/mol. The highest BCUT2D eigenvalue weighted by Crippen LogP contribution is 2.26. The standard InChI is InChI=1S/C11H15NO2/c1-7-5-10(12-9(3)13)6-8(2)11(7)14-4/h5-6H,1-4H3,(H,12,13).